The summed E-state index contributed by atoms with van der Waals surface area (Å²) in [6.45, 7) is 10.1. The van der Waals surface area contributed by atoms with E-state index in [4.69, 9.17) is 0 Å². The fraction of sp³-hybridized carbons (Fsp3) is 0.688. The zero-order valence-electron chi connectivity index (χ0n) is 12.9. The van der Waals surface area contributed by atoms with E-state index in [9.17, 15) is 0 Å². The second-order valence-corrected chi connectivity index (χ2v) is 6.40. The lowest BCUT2D eigenvalue weighted by Gasteiger charge is -2.27. The molecule has 106 valence electrons. The van der Waals surface area contributed by atoms with Crippen LogP contribution in [0.4, 0.5) is 0 Å². The van der Waals surface area contributed by atoms with Crippen LogP contribution in [0.1, 0.15) is 25.2 Å². The minimum absolute atomic E-state index is 0.671. The molecule has 1 aromatic rings. The van der Waals surface area contributed by atoms with Gasteiger partial charge in [0.25, 0.3) is 0 Å². The summed E-state index contributed by atoms with van der Waals surface area (Å²) in [4.78, 5) is 9.56. The van der Waals surface area contributed by atoms with Crippen molar-refractivity contribution in [2.75, 3.05) is 27.2 Å². The largest absolute Gasteiger partial charge is 0.305 e. The maximum absolute atomic E-state index is 4.62. The van der Waals surface area contributed by atoms with Gasteiger partial charge in [0.2, 0.25) is 0 Å². The molecule has 1 aliphatic rings. The first-order valence-corrected chi connectivity index (χ1v) is 7.28. The SMILES string of the molecule is Cc1cccc(CN2C[C@@H](N(C)C)[C@H](C(C)C)C2)n1. The molecule has 1 saturated heterocycles. The van der Waals surface area contributed by atoms with Gasteiger partial charge >= 0.3 is 0 Å². The van der Waals surface area contributed by atoms with E-state index < -0.39 is 0 Å². The van der Waals surface area contributed by atoms with Gasteiger partial charge in [0.15, 0.2) is 0 Å². The van der Waals surface area contributed by atoms with Crippen LogP contribution in [0.25, 0.3) is 0 Å². The van der Waals surface area contributed by atoms with Gasteiger partial charge in [-0.3, -0.25) is 9.88 Å². The fourth-order valence-electron chi connectivity index (χ4n) is 3.14. The predicted octanol–water partition coefficient (Wildman–Crippen LogP) is 2.41. The maximum Gasteiger partial charge on any atom is 0.0547 e. The van der Waals surface area contributed by atoms with Gasteiger partial charge in [-0.05, 0) is 45.0 Å². The summed E-state index contributed by atoms with van der Waals surface area (Å²) in [6.07, 6.45) is 0. The number of aromatic nitrogens is 1. The zero-order chi connectivity index (χ0) is 14.0. The van der Waals surface area contributed by atoms with Crippen molar-refractivity contribution in [3.8, 4) is 0 Å². The van der Waals surface area contributed by atoms with Crippen molar-refractivity contribution in [3.63, 3.8) is 0 Å². The van der Waals surface area contributed by atoms with Crippen LogP contribution in [0.5, 0.6) is 0 Å². The molecule has 1 aromatic heterocycles. The van der Waals surface area contributed by atoms with Gasteiger partial charge in [0.1, 0.15) is 0 Å². The van der Waals surface area contributed by atoms with Crippen LogP contribution in [-0.2, 0) is 6.54 Å². The Morgan fingerprint density at radius 1 is 1.32 bits per heavy atom. The van der Waals surface area contributed by atoms with E-state index in [1.165, 1.54) is 12.2 Å². The van der Waals surface area contributed by atoms with E-state index in [1.54, 1.807) is 0 Å². The van der Waals surface area contributed by atoms with Gasteiger partial charge in [-0.15, -0.1) is 0 Å². The summed E-state index contributed by atoms with van der Waals surface area (Å²) >= 11 is 0. The Labute approximate surface area is 117 Å². The van der Waals surface area contributed by atoms with Crippen LogP contribution in [-0.4, -0.2) is 48.0 Å². The Kier molecular flexibility index (Phi) is 4.58. The third kappa shape index (κ3) is 3.54. The fourth-order valence-corrected chi connectivity index (χ4v) is 3.14. The van der Waals surface area contributed by atoms with E-state index in [-0.39, 0.29) is 0 Å². The lowest BCUT2D eigenvalue weighted by Crippen LogP contribution is -2.37. The molecule has 19 heavy (non-hydrogen) atoms. The van der Waals surface area contributed by atoms with Crippen molar-refractivity contribution < 1.29 is 0 Å². The van der Waals surface area contributed by atoms with Gasteiger partial charge < -0.3 is 4.90 Å². The van der Waals surface area contributed by atoms with Gasteiger partial charge in [0.05, 0.1) is 5.69 Å². The number of likely N-dealkylation sites (tertiary alicyclic amines) is 1. The third-order valence-corrected chi connectivity index (χ3v) is 4.26. The van der Waals surface area contributed by atoms with Crippen LogP contribution in [0, 0.1) is 18.8 Å². The molecule has 3 nitrogen and oxygen atoms in total. The molecule has 0 amide bonds. The summed E-state index contributed by atoms with van der Waals surface area (Å²) in [5.74, 6) is 1.50. The maximum atomic E-state index is 4.62. The van der Waals surface area contributed by atoms with E-state index in [1.807, 2.05) is 0 Å². The second-order valence-electron chi connectivity index (χ2n) is 6.40. The van der Waals surface area contributed by atoms with E-state index in [2.05, 4.69) is 67.8 Å². The number of pyridine rings is 1. The Hall–Kier alpha value is -0.930. The first-order chi connectivity index (χ1) is 8.97. The van der Waals surface area contributed by atoms with Crippen molar-refractivity contribution >= 4 is 0 Å². The topological polar surface area (TPSA) is 19.4 Å². The molecule has 2 atom stereocenters. The summed E-state index contributed by atoms with van der Waals surface area (Å²) in [6, 6.07) is 6.98. The Balaban J connectivity index is 2.03. The minimum atomic E-state index is 0.671. The quantitative estimate of drug-likeness (QED) is 0.830. The second kappa shape index (κ2) is 6.02. The predicted molar refractivity (Wildman–Crippen MR) is 80.1 cm³/mol. The average Bonchev–Trinajstić information content (AvgIpc) is 2.73. The first-order valence-electron chi connectivity index (χ1n) is 7.28. The number of rotatable bonds is 4. The molecule has 0 spiro atoms. The minimum Gasteiger partial charge on any atom is -0.305 e. The molecule has 2 rings (SSSR count). The van der Waals surface area contributed by atoms with Crippen molar-refractivity contribution in [1.82, 2.24) is 14.8 Å². The standard InChI is InChI=1S/C16H27N3/c1-12(2)15-10-19(11-16(15)18(4)5)9-14-8-6-7-13(3)17-14/h6-8,12,15-16H,9-11H2,1-5H3/t15-,16+/m0/s1. The highest BCUT2D eigenvalue weighted by Gasteiger charge is 2.35. The molecule has 0 radical (unpaired) electrons. The zero-order valence-corrected chi connectivity index (χ0v) is 12.9. The Morgan fingerprint density at radius 2 is 2.05 bits per heavy atom. The van der Waals surface area contributed by atoms with E-state index >= 15 is 0 Å². The molecule has 0 bridgehead atoms. The molecule has 1 fully saturated rings. The lowest BCUT2D eigenvalue weighted by atomic mass is 9.91. The number of aryl methyl sites for hydroxylation is 1. The monoisotopic (exact) mass is 261 g/mol. The van der Waals surface area contributed by atoms with Crippen LogP contribution >= 0.6 is 0 Å². The summed E-state index contributed by atoms with van der Waals surface area (Å²) in [5.41, 5.74) is 2.31. The first kappa shape index (κ1) is 14.5. The molecule has 0 aromatic carbocycles. The van der Waals surface area contributed by atoms with Crippen molar-refractivity contribution in [2.45, 2.75) is 33.4 Å². The molecule has 0 saturated carbocycles. The Morgan fingerprint density at radius 3 is 2.58 bits per heavy atom. The molecule has 0 N–H and O–H groups in total. The van der Waals surface area contributed by atoms with Crippen LogP contribution in [0.15, 0.2) is 18.2 Å². The lowest BCUT2D eigenvalue weighted by molar-refractivity contribution is 0.215. The van der Waals surface area contributed by atoms with E-state index in [0.29, 0.717) is 6.04 Å². The van der Waals surface area contributed by atoms with Crippen LogP contribution < -0.4 is 0 Å². The van der Waals surface area contributed by atoms with Crippen LogP contribution in [0.2, 0.25) is 0 Å². The molecule has 1 aliphatic heterocycles. The molecule has 3 heteroatoms. The summed E-state index contributed by atoms with van der Waals surface area (Å²) < 4.78 is 0. The number of hydrogen-bond acceptors (Lipinski definition) is 3. The number of likely N-dealkylation sites (N-methyl/N-ethyl adjacent to an activating group) is 1. The normalized spacial score (nSPS) is 24.6. The van der Waals surface area contributed by atoms with Crippen molar-refractivity contribution in [3.05, 3.63) is 29.6 Å². The van der Waals surface area contributed by atoms with Gasteiger partial charge in [-0.1, -0.05) is 19.9 Å². The summed E-state index contributed by atoms with van der Waals surface area (Å²) in [7, 11) is 4.41. The van der Waals surface area contributed by atoms with Crippen molar-refractivity contribution in [2.24, 2.45) is 11.8 Å². The van der Waals surface area contributed by atoms with E-state index in [0.717, 1.165) is 30.6 Å². The molecular formula is C16H27N3. The molecule has 2 heterocycles. The third-order valence-electron chi connectivity index (χ3n) is 4.26. The number of hydrogen-bond donors (Lipinski definition) is 0. The highest BCUT2D eigenvalue weighted by molar-refractivity contribution is 5.10. The average molecular weight is 261 g/mol. The highest BCUT2D eigenvalue weighted by atomic mass is 15.2. The molecule has 0 aliphatic carbocycles. The van der Waals surface area contributed by atoms with Gasteiger partial charge in [-0.25, -0.2) is 0 Å². The van der Waals surface area contributed by atoms with Crippen molar-refractivity contribution in [1.29, 1.82) is 0 Å². The van der Waals surface area contributed by atoms with Gasteiger partial charge in [0, 0.05) is 31.4 Å². The molecule has 0 unspecified atom stereocenters. The van der Waals surface area contributed by atoms with Crippen LogP contribution in [0.3, 0.4) is 0 Å². The summed E-state index contributed by atoms with van der Waals surface area (Å²) in [5, 5.41) is 0. The Bertz CT molecular complexity index is 398. The highest BCUT2D eigenvalue weighted by Crippen LogP contribution is 2.27. The van der Waals surface area contributed by atoms with Gasteiger partial charge in [-0.2, -0.15) is 0 Å². The number of nitrogens with zero attached hydrogens (tertiary/aromatic N) is 3. The smallest absolute Gasteiger partial charge is 0.0547 e. The molecular weight excluding hydrogens is 234 g/mol.